The summed E-state index contributed by atoms with van der Waals surface area (Å²) in [5, 5.41) is 4.91. The summed E-state index contributed by atoms with van der Waals surface area (Å²) in [6.45, 7) is 0.462. The number of amides is 1. The van der Waals surface area contributed by atoms with Crippen LogP contribution in [0.1, 0.15) is 5.56 Å². The highest BCUT2D eigenvalue weighted by atomic mass is 32.2. The molecule has 1 N–H and O–H groups in total. The largest absolute Gasteiger partial charge is 0.351 e. The van der Waals surface area contributed by atoms with E-state index in [1.54, 1.807) is 29.7 Å². The Balaban J connectivity index is 1.51. The molecule has 3 nitrogen and oxygen atoms in total. The highest BCUT2D eigenvalue weighted by Crippen LogP contribution is 2.23. The summed E-state index contributed by atoms with van der Waals surface area (Å²) in [4.78, 5) is 18.3. The van der Waals surface area contributed by atoms with E-state index in [2.05, 4.69) is 10.3 Å². The summed E-state index contributed by atoms with van der Waals surface area (Å²) < 4.78 is 12.8. The molecule has 6 heteroatoms. The number of carbonyl (C=O) groups is 1. The lowest BCUT2D eigenvalue weighted by Crippen LogP contribution is -2.24. The lowest BCUT2D eigenvalue weighted by atomic mass is 10.2. The third kappa shape index (κ3) is 4.66. The fourth-order valence-electron chi connectivity index (χ4n) is 2.07. The highest BCUT2D eigenvalue weighted by Gasteiger charge is 2.05. The molecule has 0 aliphatic heterocycles. The fourth-order valence-corrected chi connectivity index (χ4v) is 3.50. The Hall–Kier alpha value is -2.18. The molecule has 0 aliphatic carbocycles. The third-order valence-electron chi connectivity index (χ3n) is 3.27. The van der Waals surface area contributed by atoms with E-state index in [0.29, 0.717) is 12.3 Å². The quantitative estimate of drug-likeness (QED) is 0.666. The maximum atomic E-state index is 12.8. The number of benzene rings is 1. The van der Waals surface area contributed by atoms with Crippen molar-refractivity contribution in [2.75, 3.05) is 5.75 Å². The van der Waals surface area contributed by atoms with Gasteiger partial charge in [-0.2, -0.15) is 0 Å². The average molecular weight is 358 g/mol. The van der Waals surface area contributed by atoms with Gasteiger partial charge in [-0.3, -0.25) is 9.78 Å². The maximum absolute atomic E-state index is 12.8. The summed E-state index contributed by atoms with van der Waals surface area (Å²) in [5.41, 5.74) is 1.92. The van der Waals surface area contributed by atoms with Crippen molar-refractivity contribution in [1.82, 2.24) is 10.3 Å². The molecule has 122 valence electrons. The zero-order valence-corrected chi connectivity index (χ0v) is 14.4. The number of nitrogens with one attached hydrogen (secondary N) is 1. The van der Waals surface area contributed by atoms with Crippen LogP contribution in [0, 0.1) is 5.82 Å². The van der Waals surface area contributed by atoms with Crippen LogP contribution in [0.2, 0.25) is 0 Å². The van der Waals surface area contributed by atoms with E-state index < -0.39 is 0 Å². The van der Waals surface area contributed by atoms with Gasteiger partial charge in [0.05, 0.1) is 16.3 Å². The number of rotatable bonds is 6. The summed E-state index contributed by atoms with van der Waals surface area (Å²) in [7, 11) is 0. The molecular formula is C18H15FN2OS2. The van der Waals surface area contributed by atoms with Gasteiger partial charge >= 0.3 is 0 Å². The maximum Gasteiger partial charge on any atom is 0.230 e. The Morgan fingerprint density at radius 2 is 2.04 bits per heavy atom. The van der Waals surface area contributed by atoms with Gasteiger partial charge < -0.3 is 5.32 Å². The minimum absolute atomic E-state index is 0.0567. The second-order valence-corrected chi connectivity index (χ2v) is 7.04. The Kier molecular flexibility index (Phi) is 5.61. The molecule has 24 heavy (non-hydrogen) atoms. The third-order valence-corrected chi connectivity index (χ3v) is 5.18. The Bertz CT molecular complexity index is 804. The van der Waals surface area contributed by atoms with Gasteiger partial charge in [0.25, 0.3) is 0 Å². The molecule has 1 aromatic carbocycles. The van der Waals surface area contributed by atoms with Gasteiger partial charge in [-0.05, 0) is 53.4 Å². The number of hydrogen-bond acceptors (Lipinski definition) is 4. The molecule has 0 radical (unpaired) electrons. The van der Waals surface area contributed by atoms with Crippen LogP contribution in [0.4, 0.5) is 4.39 Å². The van der Waals surface area contributed by atoms with Crippen LogP contribution in [-0.2, 0) is 11.3 Å². The average Bonchev–Trinajstić information content (AvgIpc) is 3.14. The second kappa shape index (κ2) is 8.08. The molecule has 2 heterocycles. The number of pyridine rings is 1. The number of halogens is 1. The zero-order chi connectivity index (χ0) is 16.8. The van der Waals surface area contributed by atoms with Crippen molar-refractivity contribution in [3.05, 3.63) is 71.5 Å². The summed E-state index contributed by atoms with van der Waals surface area (Å²) in [6, 6.07) is 14.0. The first-order valence-electron chi connectivity index (χ1n) is 7.34. The monoisotopic (exact) mass is 358 g/mol. The standard InChI is InChI=1S/C18H15FN2OS2/c19-14-3-5-15(6-4-14)24-12-18(22)21-11-13-7-8-20-16(10-13)17-2-1-9-23-17/h1-10H,11-12H2,(H,21,22). The molecule has 3 rings (SSSR count). The second-order valence-electron chi connectivity index (χ2n) is 5.05. The van der Waals surface area contributed by atoms with Crippen LogP contribution in [0.25, 0.3) is 10.6 Å². The molecule has 2 aromatic heterocycles. The Morgan fingerprint density at radius 1 is 1.21 bits per heavy atom. The number of nitrogens with zero attached hydrogens (tertiary/aromatic N) is 1. The number of thiophene rings is 1. The van der Waals surface area contributed by atoms with E-state index in [1.165, 1.54) is 23.9 Å². The van der Waals surface area contributed by atoms with E-state index in [9.17, 15) is 9.18 Å². The van der Waals surface area contributed by atoms with Crippen LogP contribution in [0.15, 0.2) is 65.0 Å². The lowest BCUT2D eigenvalue weighted by molar-refractivity contribution is -0.118. The van der Waals surface area contributed by atoms with E-state index in [-0.39, 0.29) is 11.7 Å². The summed E-state index contributed by atoms with van der Waals surface area (Å²) in [6.07, 6.45) is 1.75. The zero-order valence-electron chi connectivity index (χ0n) is 12.7. The smallest absolute Gasteiger partial charge is 0.230 e. The van der Waals surface area contributed by atoms with E-state index >= 15 is 0 Å². The number of thioether (sulfide) groups is 1. The molecule has 0 fully saturated rings. The van der Waals surface area contributed by atoms with Crippen LogP contribution in [-0.4, -0.2) is 16.6 Å². The van der Waals surface area contributed by atoms with E-state index in [0.717, 1.165) is 21.0 Å². The normalized spacial score (nSPS) is 10.5. The lowest BCUT2D eigenvalue weighted by Gasteiger charge is -2.06. The van der Waals surface area contributed by atoms with E-state index in [1.807, 2.05) is 29.6 Å². The first-order valence-corrected chi connectivity index (χ1v) is 9.21. The molecule has 0 unspecified atom stereocenters. The van der Waals surface area contributed by atoms with Crippen LogP contribution < -0.4 is 5.32 Å². The van der Waals surface area contributed by atoms with Crippen molar-refractivity contribution in [3.63, 3.8) is 0 Å². The van der Waals surface area contributed by atoms with Gasteiger partial charge in [0.15, 0.2) is 0 Å². The number of carbonyl (C=O) groups excluding carboxylic acids is 1. The van der Waals surface area contributed by atoms with Gasteiger partial charge in [-0.15, -0.1) is 23.1 Å². The Morgan fingerprint density at radius 3 is 2.79 bits per heavy atom. The van der Waals surface area contributed by atoms with Crippen LogP contribution in [0.5, 0.6) is 0 Å². The van der Waals surface area contributed by atoms with Crippen molar-refractivity contribution in [3.8, 4) is 10.6 Å². The minimum atomic E-state index is -0.275. The van der Waals surface area contributed by atoms with Crippen molar-refractivity contribution >= 4 is 29.0 Å². The molecule has 0 bridgehead atoms. The van der Waals surface area contributed by atoms with Crippen molar-refractivity contribution in [2.45, 2.75) is 11.4 Å². The van der Waals surface area contributed by atoms with Gasteiger partial charge in [-0.25, -0.2) is 4.39 Å². The molecule has 1 amide bonds. The van der Waals surface area contributed by atoms with E-state index in [4.69, 9.17) is 0 Å². The van der Waals surface area contributed by atoms with Crippen molar-refractivity contribution in [2.24, 2.45) is 0 Å². The molecule has 0 aliphatic rings. The van der Waals surface area contributed by atoms with Crippen LogP contribution >= 0.6 is 23.1 Å². The number of hydrogen-bond donors (Lipinski definition) is 1. The summed E-state index contributed by atoms with van der Waals surface area (Å²) >= 11 is 3.02. The molecule has 3 aromatic rings. The predicted octanol–water partition coefficient (Wildman–Crippen LogP) is 4.36. The van der Waals surface area contributed by atoms with Gasteiger partial charge in [0.1, 0.15) is 5.82 Å². The molecule has 0 atom stereocenters. The predicted molar refractivity (Wildman–Crippen MR) is 96.5 cm³/mol. The molecule has 0 saturated heterocycles. The highest BCUT2D eigenvalue weighted by molar-refractivity contribution is 8.00. The van der Waals surface area contributed by atoms with Gasteiger partial charge in [-0.1, -0.05) is 6.07 Å². The van der Waals surface area contributed by atoms with Crippen molar-refractivity contribution in [1.29, 1.82) is 0 Å². The summed E-state index contributed by atoms with van der Waals surface area (Å²) in [5.74, 6) is -0.0315. The van der Waals surface area contributed by atoms with Gasteiger partial charge in [0.2, 0.25) is 5.91 Å². The first kappa shape index (κ1) is 16.7. The molecular weight excluding hydrogens is 343 g/mol. The Labute approximate surface area is 148 Å². The van der Waals surface area contributed by atoms with Crippen molar-refractivity contribution < 1.29 is 9.18 Å². The SMILES string of the molecule is O=C(CSc1ccc(F)cc1)NCc1ccnc(-c2cccs2)c1. The first-order chi connectivity index (χ1) is 11.7. The van der Waals surface area contributed by atoms with Crippen LogP contribution in [0.3, 0.4) is 0 Å². The minimum Gasteiger partial charge on any atom is -0.351 e. The molecule has 0 saturated carbocycles. The number of aromatic nitrogens is 1. The van der Waals surface area contributed by atoms with Gasteiger partial charge in [0, 0.05) is 17.6 Å². The fraction of sp³-hybridized carbons (Fsp3) is 0.111. The topological polar surface area (TPSA) is 42.0 Å². The molecule has 0 spiro atoms.